The van der Waals surface area contributed by atoms with Crippen molar-refractivity contribution in [3.8, 4) is 0 Å². The van der Waals surface area contributed by atoms with Crippen LogP contribution in [0.4, 0.5) is 0 Å². The smallest absolute Gasteiger partial charge is 0.0655 e. The zero-order valence-electron chi connectivity index (χ0n) is 7.47. The Bertz CT molecular complexity index is 125. The lowest BCUT2D eigenvalue weighted by Gasteiger charge is -2.37. The van der Waals surface area contributed by atoms with Gasteiger partial charge in [0.15, 0.2) is 0 Å². The van der Waals surface area contributed by atoms with E-state index in [1.807, 2.05) is 0 Å². The van der Waals surface area contributed by atoms with E-state index in [0.29, 0.717) is 12.5 Å². The molecule has 2 atom stereocenters. The summed E-state index contributed by atoms with van der Waals surface area (Å²) in [6.45, 7) is 5.41. The Morgan fingerprint density at radius 2 is 2.36 bits per heavy atom. The summed E-state index contributed by atoms with van der Waals surface area (Å²) in [7, 11) is 0. The second-order valence-electron chi connectivity index (χ2n) is 3.69. The molecule has 0 amide bonds. The van der Waals surface area contributed by atoms with E-state index in [4.69, 9.17) is 9.84 Å². The fourth-order valence-electron chi connectivity index (χ4n) is 1.65. The lowest BCUT2D eigenvalue weighted by Crippen LogP contribution is -2.37. The molecule has 0 radical (unpaired) electrons. The quantitative estimate of drug-likeness (QED) is 0.661. The van der Waals surface area contributed by atoms with Gasteiger partial charge in [-0.25, -0.2) is 0 Å². The summed E-state index contributed by atoms with van der Waals surface area (Å²) in [4.78, 5) is 0. The summed E-state index contributed by atoms with van der Waals surface area (Å²) in [5.41, 5.74) is 0.0334. The van der Waals surface area contributed by atoms with Crippen LogP contribution in [-0.4, -0.2) is 23.9 Å². The maximum Gasteiger partial charge on any atom is 0.0655 e. The number of aliphatic hydroxyl groups excluding tert-OH is 1. The number of rotatable bonds is 2. The maximum absolute atomic E-state index is 8.96. The first-order valence-corrected chi connectivity index (χ1v) is 4.45. The van der Waals surface area contributed by atoms with Crippen LogP contribution >= 0.6 is 0 Å². The van der Waals surface area contributed by atoms with Crippen molar-refractivity contribution < 1.29 is 9.84 Å². The van der Waals surface area contributed by atoms with Gasteiger partial charge < -0.3 is 9.84 Å². The van der Waals surface area contributed by atoms with Crippen molar-refractivity contribution >= 4 is 0 Å². The van der Waals surface area contributed by atoms with Crippen LogP contribution in [0.25, 0.3) is 0 Å². The van der Waals surface area contributed by atoms with Crippen molar-refractivity contribution in [2.24, 2.45) is 5.92 Å². The second-order valence-corrected chi connectivity index (χ2v) is 3.69. The highest BCUT2D eigenvalue weighted by atomic mass is 16.5. The van der Waals surface area contributed by atoms with Crippen LogP contribution in [0, 0.1) is 5.92 Å². The molecule has 0 aromatic rings. The summed E-state index contributed by atoms with van der Waals surface area (Å²) in [6.07, 6.45) is 3.08. The van der Waals surface area contributed by atoms with Gasteiger partial charge in [-0.1, -0.05) is 6.92 Å². The van der Waals surface area contributed by atoms with Gasteiger partial charge in [0.1, 0.15) is 0 Å². The van der Waals surface area contributed by atoms with Gasteiger partial charge in [0.2, 0.25) is 0 Å². The topological polar surface area (TPSA) is 29.5 Å². The Kier molecular flexibility index (Phi) is 2.90. The van der Waals surface area contributed by atoms with Crippen molar-refractivity contribution in [1.82, 2.24) is 0 Å². The molecule has 1 saturated heterocycles. The molecule has 1 rings (SSSR count). The molecule has 0 bridgehead atoms. The number of hydrogen-bond acceptors (Lipinski definition) is 2. The molecule has 0 spiro atoms. The zero-order chi connectivity index (χ0) is 8.32. The van der Waals surface area contributed by atoms with Crippen LogP contribution in [-0.2, 0) is 4.74 Å². The van der Waals surface area contributed by atoms with Crippen LogP contribution in [0.3, 0.4) is 0 Å². The normalized spacial score (nSPS) is 39.0. The van der Waals surface area contributed by atoms with Crippen molar-refractivity contribution in [1.29, 1.82) is 0 Å². The summed E-state index contributed by atoms with van der Waals surface area (Å²) < 4.78 is 5.64. The van der Waals surface area contributed by atoms with Crippen LogP contribution < -0.4 is 0 Å². The molecule has 2 heteroatoms. The van der Waals surface area contributed by atoms with Gasteiger partial charge in [0.25, 0.3) is 0 Å². The predicted octanol–water partition coefficient (Wildman–Crippen LogP) is 1.57. The van der Waals surface area contributed by atoms with Crippen LogP contribution in [0.5, 0.6) is 0 Å². The number of aliphatic hydroxyl groups is 1. The highest BCUT2D eigenvalue weighted by Crippen LogP contribution is 2.30. The number of ether oxygens (including phenoxy) is 1. The molecule has 0 aromatic carbocycles. The summed E-state index contributed by atoms with van der Waals surface area (Å²) in [5, 5.41) is 8.96. The van der Waals surface area contributed by atoms with E-state index in [0.717, 1.165) is 25.9 Å². The van der Waals surface area contributed by atoms with Gasteiger partial charge in [-0.15, -0.1) is 0 Å². The number of hydrogen-bond donors (Lipinski definition) is 1. The Labute approximate surface area is 68.6 Å². The molecule has 0 saturated carbocycles. The largest absolute Gasteiger partial charge is 0.396 e. The predicted molar refractivity (Wildman–Crippen MR) is 44.5 cm³/mol. The Hall–Kier alpha value is -0.0800. The average Bonchev–Trinajstić information content (AvgIpc) is 2.05. The minimum absolute atomic E-state index is 0.0334. The lowest BCUT2D eigenvalue weighted by atomic mass is 9.86. The minimum Gasteiger partial charge on any atom is -0.396 e. The third kappa shape index (κ3) is 2.17. The van der Waals surface area contributed by atoms with Gasteiger partial charge in [-0.2, -0.15) is 0 Å². The molecule has 0 aliphatic carbocycles. The van der Waals surface area contributed by atoms with Gasteiger partial charge in [-0.05, 0) is 32.1 Å². The third-order valence-electron chi connectivity index (χ3n) is 2.70. The van der Waals surface area contributed by atoms with E-state index >= 15 is 0 Å². The van der Waals surface area contributed by atoms with Gasteiger partial charge in [0, 0.05) is 13.2 Å². The van der Waals surface area contributed by atoms with E-state index in [-0.39, 0.29) is 5.60 Å². The first-order chi connectivity index (χ1) is 5.20. The van der Waals surface area contributed by atoms with Gasteiger partial charge >= 0.3 is 0 Å². The first-order valence-electron chi connectivity index (χ1n) is 4.45. The average molecular weight is 158 g/mol. The van der Waals surface area contributed by atoms with E-state index in [2.05, 4.69) is 13.8 Å². The standard InChI is InChI=1S/C9H18O2/c1-3-9(2)6-8(7-10)4-5-11-9/h8,10H,3-7H2,1-2H3. The Morgan fingerprint density at radius 3 is 2.91 bits per heavy atom. The molecular weight excluding hydrogens is 140 g/mol. The Morgan fingerprint density at radius 1 is 1.64 bits per heavy atom. The van der Waals surface area contributed by atoms with Crippen molar-refractivity contribution in [2.75, 3.05) is 13.2 Å². The molecule has 2 unspecified atom stereocenters. The van der Waals surface area contributed by atoms with Crippen LogP contribution in [0.15, 0.2) is 0 Å². The van der Waals surface area contributed by atoms with Crippen LogP contribution in [0.1, 0.15) is 33.1 Å². The molecule has 2 nitrogen and oxygen atoms in total. The molecule has 1 N–H and O–H groups in total. The fraction of sp³-hybridized carbons (Fsp3) is 1.00. The van der Waals surface area contributed by atoms with Crippen molar-refractivity contribution in [2.45, 2.75) is 38.7 Å². The lowest BCUT2D eigenvalue weighted by molar-refractivity contribution is -0.0940. The van der Waals surface area contributed by atoms with Crippen molar-refractivity contribution in [3.05, 3.63) is 0 Å². The molecule has 66 valence electrons. The minimum atomic E-state index is 0.0334. The van der Waals surface area contributed by atoms with Gasteiger partial charge in [0.05, 0.1) is 5.60 Å². The molecule has 1 aliphatic rings. The summed E-state index contributed by atoms with van der Waals surface area (Å²) in [5.74, 6) is 0.466. The fourth-order valence-corrected chi connectivity index (χ4v) is 1.65. The monoisotopic (exact) mass is 158 g/mol. The SMILES string of the molecule is CCC1(C)CC(CO)CCO1. The molecule has 1 aliphatic heterocycles. The van der Waals surface area contributed by atoms with Gasteiger partial charge in [-0.3, -0.25) is 0 Å². The summed E-state index contributed by atoms with van der Waals surface area (Å²) in [6, 6.07) is 0. The molecule has 1 heterocycles. The van der Waals surface area contributed by atoms with Crippen LogP contribution in [0.2, 0.25) is 0 Å². The molecular formula is C9H18O2. The van der Waals surface area contributed by atoms with E-state index in [1.54, 1.807) is 0 Å². The highest BCUT2D eigenvalue weighted by Gasteiger charge is 2.30. The molecule has 1 fully saturated rings. The second kappa shape index (κ2) is 3.55. The highest BCUT2D eigenvalue weighted by molar-refractivity contribution is 4.81. The maximum atomic E-state index is 8.96. The molecule has 11 heavy (non-hydrogen) atoms. The van der Waals surface area contributed by atoms with E-state index in [9.17, 15) is 0 Å². The zero-order valence-corrected chi connectivity index (χ0v) is 7.47. The molecule has 0 aromatic heterocycles. The van der Waals surface area contributed by atoms with Crippen molar-refractivity contribution in [3.63, 3.8) is 0 Å². The Balaban J connectivity index is 2.44. The first kappa shape index (κ1) is 9.01. The van der Waals surface area contributed by atoms with E-state index < -0.39 is 0 Å². The van der Waals surface area contributed by atoms with E-state index in [1.165, 1.54) is 0 Å². The third-order valence-corrected chi connectivity index (χ3v) is 2.70. The summed E-state index contributed by atoms with van der Waals surface area (Å²) >= 11 is 0.